The number of rotatable bonds is 31. The minimum Gasteiger partial charge on any atom is -0.463 e. The Kier molecular flexibility index (Phi) is 24.9. The van der Waals surface area contributed by atoms with Gasteiger partial charge in [0.05, 0.1) is 6.10 Å². The molecule has 3 saturated carbocycles. The second kappa shape index (κ2) is 29.7. The fourth-order valence-corrected chi connectivity index (χ4v) is 14.2. The Morgan fingerprint density at radius 3 is 2.01 bits per heavy atom. The summed E-state index contributed by atoms with van der Waals surface area (Å²) in [5.41, 5.74) is 2.11. The molecule has 390 valence electrons. The predicted octanol–water partition coefficient (Wildman–Crippen LogP) is 15.1. The van der Waals surface area contributed by atoms with Gasteiger partial charge in [-0.3, -0.25) is 4.79 Å². The minimum atomic E-state index is -1.45. The zero-order valence-electron chi connectivity index (χ0n) is 44.7. The lowest BCUT2D eigenvalue weighted by Gasteiger charge is -2.58. The highest BCUT2D eigenvalue weighted by Crippen LogP contribution is 2.67. The Morgan fingerprint density at radius 2 is 1.37 bits per heavy atom. The fourth-order valence-electron chi connectivity index (χ4n) is 14.2. The molecule has 1 saturated heterocycles. The van der Waals surface area contributed by atoms with Crippen LogP contribution in [0.2, 0.25) is 0 Å². The number of hydrogen-bond donors (Lipinski definition) is 3. The molecular weight excluding hydrogens is 845 g/mol. The number of fused-ring (bicyclic) bond motifs is 5. The third-order valence-electron chi connectivity index (χ3n) is 18.7. The Hall–Kier alpha value is -1.77. The van der Waals surface area contributed by atoms with Gasteiger partial charge in [0.15, 0.2) is 6.29 Å². The first-order valence-corrected chi connectivity index (χ1v) is 29.0. The van der Waals surface area contributed by atoms with Crippen LogP contribution in [0.5, 0.6) is 0 Å². The van der Waals surface area contributed by atoms with Gasteiger partial charge in [-0.15, -0.1) is 0 Å². The van der Waals surface area contributed by atoms with Crippen molar-refractivity contribution in [3.8, 4) is 0 Å². The summed E-state index contributed by atoms with van der Waals surface area (Å²) < 4.78 is 18.1. The molecule has 0 aromatic rings. The third kappa shape index (κ3) is 16.4. The van der Waals surface area contributed by atoms with Crippen molar-refractivity contribution in [2.75, 3.05) is 6.61 Å². The summed E-state index contributed by atoms with van der Waals surface area (Å²) in [4.78, 5) is 12.7. The quantitative estimate of drug-likeness (QED) is 0.0361. The SMILES string of the molecule is CCCCCCC/C=C\C/C=C\C/C=C\CCCCCCCCCCC(=O)OCC1OC(OC2CCC3(C)C(=CCC4C3CCC3(C)C(C(C)CCC(CC)C(C)C)CCC43)C2)C(O)C(O)C1O. The molecule has 1 aliphatic heterocycles. The van der Waals surface area contributed by atoms with Crippen LogP contribution in [0.4, 0.5) is 0 Å². The Morgan fingerprint density at radius 1 is 0.735 bits per heavy atom. The van der Waals surface area contributed by atoms with Crippen LogP contribution in [0.25, 0.3) is 0 Å². The van der Waals surface area contributed by atoms with E-state index in [1.165, 1.54) is 121 Å². The molecule has 68 heavy (non-hydrogen) atoms. The summed E-state index contributed by atoms with van der Waals surface area (Å²) >= 11 is 0. The van der Waals surface area contributed by atoms with Gasteiger partial charge in [0.25, 0.3) is 0 Å². The predicted molar refractivity (Wildman–Crippen MR) is 281 cm³/mol. The van der Waals surface area contributed by atoms with Crippen molar-refractivity contribution in [3.05, 3.63) is 48.1 Å². The molecule has 0 amide bonds. The number of unbranched alkanes of at least 4 members (excludes halogenated alkanes) is 13. The first-order valence-electron chi connectivity index (χ1n) is 29.0. The van der Waals surface area contributed by atoms with Crippen LogP contribution < -0.4 is 0 Å². The first-order chi connectivity index (χ1) is 32.8. The van der Waals surface area contributed by atoms with Crippen molar-refractivity contribution in [1.82, 2.24) is 0 Å². The summed E-state index contributed by atoms with van der Waals surface area (Å²) in [5, 5.41) is 32.7. The van der Waals surface area contributed by atoms with Crippen LogP contribution in [0.3, 0.4) is 0 Å². The molecule has 0 bridgehead atoms. The van der Waals surface area contributed by atoms with E-state index in [9.17, 15) is 20.1 Å². The van der Waals surface area contributed by atoms with E-state index in [2.05, 4.69) is 91.0 Å². The lowest BCUT2D eigenvalue weighted by molar-refractivity contribution is -0.313. The van der Waals surface area contributed by atoms with Gasteiger partial charge in [-0.05, 0) is 155 Å². The molecule has 1 heterocycles. The standard InChI is InChI=1S/C61H104O7/c1-8-10-11-12-13-14-15-16-17-18-19-20-21-22-23-24-25-26-27-28-29-30-31-32-55(62)66-44-54-56(63)57(64)58(65)59(68-54)67-49-39-41-60(6)48(43-49)35-36-50-52-38-37-51(61(52,7)42-40-53(50)60)46(5)33-34-47(9-2)45(3)4/h15-16,18-19,21-22,35,45-47,49-54,56-59,63-65H,8-14,17,20,23-34,36-44H2,1-7H3/b16-15-,19-18-,22-21-. The maximum atomic E-state index is 12.7. The molecular formula is C61H104O7. The van der Waals surface area contributed by atoms with E-state index >= 15 is 0 Å². The minimum absolute atomic E-state index is 0.147. The van der Waals surface area contributed by atoms with E-state index in [1.807, 2.05) is 0 Å². The molecule has 0 spiro atoms. The molecule has 14 unspecified atom stereocenters. The summed E-state index contributed by atoms with van der Waals surface area (Å²) in [6.45, 7) is 17.0. The van der Waals surface area contributed by atoms with Crippen molar-refractivity contribution in [2.24, 2.45) is 52.3 Å². The molecule has 0 aromatic heterocycles. The largest absolute Gasteiger partial charge is 0.463 e. The zero-order chi connectivity index (χ0) is 48.9. The number of carbonyl (C=O) groups is 1. The van der Waals surface area contributed by atoms with E-state index < -0.39 is 30.7 Å². The van der Waals surface area contributed by atoms with Gasteiger partial charge >= 0.3 is 5.97 Å². The highest BCUT2D eigenvalue weighted by molar-refractivity contribution is 5.69. The lowest BCUT2D eigenvalue weighted by Crippen LogP contribution is -2.60. The molecule has 0 radical (unpaired) electrons. The molecule has 7 nitrogen and oxygen atoms in total. The maximum absolute atomic E-state index is 12.7. The van der Waals surface area contributed by atoms with Gasteiger partial charge in [-0.2, -0.15) is 0 Å². The van der Waals surface area contributed by atoms with Crippen molar-refractivity contribution in [2.45, 2.75) is 271 Å². The van der Waals surface area contributed by atoms with Crippen molar-refractivity contribution < 1.29 is 34.3 Å². The maximum Gasteiger partial charge on any atom is 0.305 e. The van der Waals surface area contributed by atoms with E-state index in [1.54, 1.807) is 0 Å². The van der Waals surface area contributed by atoms with Crippen LogP contribution in [0, 0.1) is 52.3 Å². The van der Waals surface area contributed by atoms with E-state index in [0.717, 1.165) is 99.7 Å². The fraction of sp³-hybridized carbons (Fsp3) is 0.852. The number of allylic oxidation sites excluding steroid dienone is 7. The second-order valence-electron chi connectivity index (χ2n) is 23.6. The van der Waals surface area contributed by atoms with Gasteiger partial charge in [0, 0.05) is 6.42 Å². The Labute approximate surface area is 417 Å². The highest BCUT2D eigenvalue weighted by atomic mass is 16.7. The normalized spacial score (nSPS) is 33.8. The summed E-state index contributed by atoms with van der Waals surface area (Å²) in [7, 11) is 0. The average Bonchev–Trinajstić information content (AvgIpc) is 3.69. The molecule has 0 aromatic carbocycles. The zero-order valence-corrected chi connectivity index (χ0v) is 44.7. The van der Waals surface area contributed by atoms with E-state index in [-0.39, 0.29) is 24.1 Å². The number of aliphatic hydroxyl groups excluding tert-OH is 3. The summed E-state index contributed by atoms with van der Waals surface area (Å²) in [6.07, 6.45) is 43.8. The van der Waals surface area contributed by atoms with Crippen LogP contribution >= 0.6 is 0 Å². The molecule has 3 N–H and O–H groups in total. The van der Waals surface area contributed by atoms with Gasteiger partial charge in [0.1, 0.15) is 31.0 Å². The number of ether oxygens (including phenoxy) is 3. The monoisotopic (exact) mass is 949 g/mol. The number of aliphatic hydroxyl groups is 3. The van der Waals surface area contributed by atoms with Crippen LogP contribution in [-0.4, -0.2) is 64.7 Å². The van der Waals surface area contributed by atoms with Crippen molar-refractivity contribution in [1.29, 1.82) is 0 Å². The summed E-state index contributed by atoms with van der Waals surface area (Å²) in [6, 6.07) is 0. The third-order valence-corrected chi connectivity index (χ3v) is 18.7. The molecule has 14 atom stereocenters. The smallest absolute Gasteiger partial charge is 0.305 e. The van der Waals surface area contributed by atoms with E-state index in [0.29, 0.717) is 17.8 Å². The molecule has 4 aliphatic carbocycles. The first kappa shape index (κ1) is 57.1. The number of carbonyl (C=O) groups excluding carboxylic acids is 1. The molecule has 5 rings (SSSR count). The molecule has 4 fully saturated rings. The Balaban J connectivity index is 0.934. The van der Waals surface area contributed by atoms with Gasteiger partial charge < -0.3 is 29.5 Å². The van der Waals surface area contributed by atoms with Gasteiger partial charge in [-0.1, -0.05) is 174 Å². The van der Waals surface area contributed by atoms with Crippen LogP contribution in [-0.2, 0) is 19.0 Å². The summed E-state index contributed by atoms with van der Waals surface area (Å²) in [5.74, 6) is 5.20. The van der Waals surface area contributed by atoms with Gasteiger partial charge in [-0.25, -0.2) is 0 Å². The number of hydrogen-bond acceptors (Lipinski definition) is 7. The molecule has 5 aliphatic rings. The van der Waals surface area contributed by atoms with Crippen LogP contribution in [0.1, 0.15) is 235 Å². The lowest BCUT2D eigenvalue weighted by atomic mass is 9.47. The van der Waals surface area contributed by atoms with Crippen LogP contribution in [0.15, 0.2) is 48.1 Å². The van der Waals surface area contributed by atoms with Crippen molar-refractivity contribution in [3.63, 3.8) is 0 Å². The molecule has 7 heteroatoms. The topological polar surface area (TPSA) is 105 Å². The highest BCUT2D eigenvalue weighted by Gasteiger charge is 2.59. The number of esters is 1. The van der Waals surface area contributed by atoms with Gasteiger partial charge in [0.2, 0.25) is 0 Å². The Bertz CT molecular complexity index is 1550. The average molecular weight is 949 g/mol. The van der Waals surface area contributed by atoms with Crippen molar-refractivity contribution >= 4 is 5.97 Å². The second-order valence-corrected chi connectivity index (χ2v) is 23.6. The van der Waals surface area contributed by atoms with E-state index in [4.69, 9.17) is 14.2 Å².